The lowest BCUT2D eigenvalue weighted by Gasteiger charge is -2.01. The molecule has 1 radical (unpaired) electrons. The second kappa shape index (κ2) is 11.0. The van der Waals surface area contributed by atoms with E-state index >= 15 is 0 Å². The Labute approximate surface area is 77.5 Å². The highest BCUT2D eigenvalue weighted by molar-refractivity contribution is 4.46. The van der Waals surface area contributed by atoms with Crippen LogP contribution in [0, 0.1) is 6.61 Å². The minimum atomic E-state index is 0.917. The van der Waals surface area contributed by atoms with Crippen molar-refractivity contribution in [3.8, 4) is 0 Å². The van der Waals surface area contributed by atoms with E-state index in [9.17, 15) is 0 Å². The highest BCUT2D eigenvalue weighted by Crippen LogP contribution is 2.05. The van der Waals surface area contributed by atoms with Crippen LogP contribution in [0.3, 0.4) is 0 Å². The van der Waals surface area contributed by atoms with Gasteiger partial charge in [-0.3, -0.25) is 0 Å². The molecule has 12 heavy (non-hydrogen) atoms. The summed E-state index contributed by atoms with van der Waals surface area (Å²) >= 11 is 0. The predicted octanol–water partition coefficient (Wildman–Crippen LogP) is 3.94. The van der Waals surface area contributed by atoms with E-state index in [4.69, 9.17) is 4.74 Å². The fraction of sp³-hybridized carbons (Fsp3) is 0.909. The minimum absolute atomic E-state index is 0.917. The first-order valence-corrected chi connectivity index (χ1v) is 5.35. The Morgan fingerprint density at radius 2 is 1.58 bits per heavy atom. The van der Waals surface area contributed by atoms with Crippen LogP contribution >= 0.6 is 0 Å². The van der Waals surface area contributed by atoms with Gasteiger partial charge >= 0.3 is 0 Å². The van der Waals surface area contributed by atoms with E-state index in [0.717, 1.165) is 13.0 Å². The summed E-state index contributed by atoms with van der Waals surface area (Å²) in [7, 11) is 0. The molecule has 0 aromatic carbocycles. The van der Waals surface area contributed by atoms with Crippen molar-refractivity contribution in [3.05, 3.63) is 6.61 Å². The summed E-state index contributed by atoms with van der Waals surface area (Å²) in [6.07, 6.45) is 9.08. The third-order valence-electron chi connectivity index (χ3n) is 1.90. The van der Waals surface area contributed by atoms with E-state index in [1.807, 2.05) is 6.61 Å². The quantitative estimate of drug-likeness (QED) is 0.477. The lowest BCUT2D eigenvalue weighted by molar-refractivity contribution is 0.188. The van der Waals surface area contributed by atoms with E-state index in [0.29, 0.717) is 0 Å². The first kappa shape index (κ1) is 12.0. The van der Waals surface area contributed by atoms with Crippen molar-refractivity contribution in [1.29, 1.82) is 0 Å². The third-order valence-corrected chi connectivity index (χ3v) is 1.90. The second-order valence-corrected chi connectivity index (χ2v) is 3.21. The topological polar surface area (TPSA) is 9.23 Å². The van der Waals surface area contributed by atoms with Gasteiger partial charge in [-0.25, -0.2) is 0 Å². The summed E-state index contributed by atoms with van der Waals surface area (Å²) in [6.45, 7) is 7.16. The fourth-order valence-corrected chi connectivity index (χ4v) is 1.17. The average molecular weight is 171 g/mol. The summed E-state index contributed by atoms with van der Waals surface area (Å²) in [4.78, 5) is 0. The molecule has 0 bridgehead atoms. The van der Waals surface area contributed by atoms with Gasteiger partial charge in [-0.15, -0.1) is 0 Å². The van der Waals surface area contributed by atoms with Gasteiger partial charge in [0.2, 0.25) is 0 Å². The van der Waals surface area contributed by atoms with Crippen LogP contribution in [0.1, 0.15) is 58.8 Å². The van der Waals surface area contributed by atoms with E-state index < -0.39 is 0 Å². The molecule has 1 heteroatoms. The number of hydrogen-bond donors (Lipinski definition) is 0. The van der Waals surface area contributed by atoms with Gasteiger partial charge in [0.15, 0.2) is 0 Å². The van der Waals surface area contributed by atoms with Crippen molar-refractivity contribution in [2.45, 2.75) is 58.8 Å². The summed E-state index contributed by atoms with van der Waals surface area (Å²) in [5, 5.41) is 0. The molecule has 0 aliphatic heterocycles. The normalized spacial score (nSPS) is 10.5. The molecule has 0 aliphatic carbocycles. The maximum absolute atomic E-state index is 5.26. The molecule has 0 aromatic rings. The highest BCUT2D eigenvalue weighted by Gasteiger charge is 1.89. The smallest absolute Gasteiger partial charge is 0.0833 e. The number of hydrogen-bond acceptors (Lipinski definition) is 1. The Kier molecular flexibility index (Phi) is 10.9. The van der Waals surface area contributed by atoms with Crippen LogP contribution in [-0.4, -0.2) is 6.61 Å². The van der Waals surface area contributed by atoms with Gasteiger partial charge in [-0.05, 0) is 12.8 Å². The molecule has 0 N–H and O–H groups in total. The Bertz CT molecular complexity index is 61.4. The Hall–Kier alpha value is -0.0400. The molecule has 1 nitrogen and oxygen atoms in total. The molecular weight excluding hydrogens is 148 g/mol. The summed E-state index contributed by atoms with van der Waals surface area (Å²) in [6, 6.07) is 0. The van der Waals surface area contributed by atoms with E-state index in [1.165, 1.54) is 38.5 Å². The second-order valence-electron chi connectivity index (χ2n) is 3.21. The van der Waals surface area contributed by atoms with Crippen LogP contribution in [0.2, 0.25) is 0 Å². The first-order chi connectivity index (χ1) is 5.91. The Balaban J connectivity index is 2.73. The van der Waals surface area contributed by atoms with Crippen molar-refractivity contribution in [1.82, 2.24) is 0 Å². The number of unbranched alkanes of at least 4 members (excludes halogenated alkanes) is 5. The molecule has 0 heterocycles. The van der Waals surface area contributed by atoms with Gasteiger partial charge < -0.3 is 4.74 Å². The molecule has 0 rings (SSSR count). The van der Waals surface area contributed by atoms with Gasteiger partial charge in [0, 0.05) is 6.61 Å². The molecule has 0 fully saturated rings. The maximum atomic E-state index is 5.26. The average Bonchev–Trinajstić information content (AvgIpc) is 2.10. The maximum Gasteiger partial charge on any atom is 0.0833 e. The molecule has 0 saturated heterocycles. The molecule has 0 saturated carbocycles. The molecule has 73 valence electrons. The molecular formula is C11H23O. The van der Waals surface area contributed by atoms with Crippen LogP contribution in [0.4, 0.5) is 0 Å². The molecule has 0 aromatic heterocycles. The lowest BCUT2D eigenvalue weighted by Crippen LogP contribution is -1.90. The summed E-state index contributed by atoms with van der Waals surface area (Å²) in [5.41, 5.74) is 0. The van der Waals surface area contributed by atoms with Crippen LogP contribution in [0.25, 0.3) is 0 Å². The van der Waals surface area contributed by atoms with Gasteiger partial charge in [-0.1, -0.05) is 46.0 Å². The zero-order valence-corrected chi connectivity index (χ0v) is 8.64. The van der Waals surface area contributed by atoms with Gasteiger partial charge in [0.05, 0.1) is 6.61 Å². The van der Waals surface area contributed by atoms with Gasteiger partial charge in [-0.2, -0.15) is 0 Å². The van der Waals surface area contributed by atoms with Crippen LogP contribution < -0.4 is 0 Å². The number of rotatable bonds is 9. The zero-order chi connectivity index (χ0) is 9.07. The molecule has 0 amide bonds. The van der Waals surface area contributed by atoms with Crippen LogP contribution in [0.5, 0.6) is 0 Å². The summed E-state index contributed by atoms with van der Waals surface area (Å²) < 4.78 is 5.26. The summed E-state index contributed by atoms with van der Waals surface area (Å²) in [5.74, 6) is 0. The monoisotopic (exact) mass is 171 g/mol. The lowest BCUT2D eigenvalue weighted by atomic mass is 10.1. The molecule has 0 aliphatic rings. The molecule has 0 unspecified atom stereocenters. The molecule has 0 atom stereocenters. The van der Waals surface area contributed by atoms with E-state index in [2.05, 4.69) is 13.8 Å². The van der Waals surface area contributed by atoms with Crippen molar-refractivity contribution in [2.75, 3.05) is 6.61 Å². The zero-order valence-electron chi connectivity index (χ0n) is 8.64. The van der Waals surface area contributed by atoms with Crippen LogP contribution in [0.15, 0.2) is 0 Å². The number of ether oxygens (including phenoxy) is 1. The fourth-order valence-electron chi connectivity index (χ4n) is 1.17. The standard InChI is InChI=1S/C11H23O/c1-3-5-6-7-8-9-11-12-10-4-2/h10H,3-9,11H2,1-2H3. The first-order valence-electron chi connectivity index (χ1n) is 5.35. The van der Waals surface area contributed by atoms with E-state index in [1.54, 1.807) is 0 Å². The Morgan fingerprint density at radius 3 is 2.25 bits per heavy atom. The largest absolute Gasteiger partial charge is 0.376 e. The van der Waals surface area contributed by atoms with Gasteiger partial charge in [0.1, 0.15) is 0 Å². The van der Waals surface area contributed by atoms with Crippen molar-refractivity contribution >= 4 is 0 Å². The Morgan fingerprint density at radius 1 is 0.917 bits per heavy atom. The SMILES string of the molecule is CC[CH]OCCCCCCCC. The van der Waals surface area contributed by atoms with Crippen molar-refractivity contribution in [3.63, 3.8) is 0 Å². The minimum Gasteiger partial charge on any atom is -0.376 e. The van der Waals surface area contributed by atoms with Gasteiger partial charge in [0.25, 0.3) is 0 Å². The van der Waals surface area contributed by atoms with Crippen molar-refractivity contribution < 1.29 is 4.74 Å². The van der Waals surface area contributed by atoms with Crippen molar-refractivity contribution in [2.24, 2.45) is 0 Å². The molecule has 0 spiro atoms. The van der Waals surface area contributed by atoms with Crippen LogP contribution in [-0.2, 0) is 4.74 Å². The predicted molar refractivity (Wildman–Crippen MR) is 53.9 cm³/mol. The highest BCUT2D eigenvalue weighted by atomic mass is 16.5. The van der Waals surface area contributed by atoms with E-state index in [-0.39, 0.29) is 0 Å². The third kappa shape index (κ3) is 9.96.